The number of rotatable bonds is 7. The quantitative estimate of drug-likeness (QED) is 0.290. The van der Waals surface area contributed by atoms with Crippen molar-refractivity contribution in [3.8, 4) is 0 Å². The van der Waals surface area contributed by atoms with E-state index in [0.717, 1.165) is 12.8 Å². The van der Waals surface area contributed by atoms with Crippen molar-refractivity contribution < 1.29 is 51.0 Å². The summed E-state index contributed by atoms with van der Waals surface area (Å²) in [6.07, 6.45) is 2.21. The van der Waals surface area contributed by atoms with Crippen LogP contribution in [-0.4, -0.2) is 0 Å². The molecule has 0 radical (unpaired) electrons. The normalized spacial score (nSPS) is 11.4. The van der Waals surface area contributed by atoms with Gasteiger partial charge in [0.1, 0.15) is 0 Å². The predicted octanol–water partition coefficient (Wildman–Crippen LogP) is 3.72. The van der Waals surface area contributed by atoms with E-state index in [1.807, 2.05) is 0 Å². The molecule has 3 heteroatoms. The van der Waals surface area contributed by atoms with E-state index in [2.05, 4.69) is 104 Å². The molecule has 0 unspecified atom stereocenters. The molecule has 0 atom stereocenters. The Hall–Kier alpha value is -0.877. The average Bonchev–Trinajstić information content (AvgIpc) is 3.33. The van der Waals surface area contributed by atoms with E-state index in [-0.39, 0.29) is 51.0 Å². The summed E-state index contributed by atoms with van der Waals surface area (Å²) < 4.78 is 0. The molecule has 0 spiro atoms. The Morgan fingerprint density at radius 3 is 1.09 bits per heavy atom. The molecule has 186 valence electrons. The minimum atomic E-state index is 0. The van der Waals surface area contributed by atoms with Gasteiger partial charge in [0.2, 0.25) is 0 Å². The van der Waals surface area contributed by atoms with Crippen molar-refractivity contribution in [1.29, 1.82) is 0 Å². The first-order chi connectivity index (χ1) is 15.2. The zero-order valence-corrected chi connectivity index (χ0v) is 26.6. The first-order valence-electron chi connectivity index (χ1n) is 12.6. The van der Waals surface area contributed by atoms with Crippen LogP contribution in [-0.2, 0) is 39.0 Å². The third-order valence-electron chi connectivity index (χ3n) is 7.22. The van der Waals surface area contributed by atoms with Crippen molar-refractivity contribution in [2.75, 3.05) is 0 Å². The van der Waals surface area contributed by atoms with Crippen molar-refractivity contribution in [1.82, 2.24) is 0 Å². The molecule has 0 N–H and O–H groups in total. The topological polar surface area (TPSA) is 0 Å². The molecule has 0 nitrogen and oxygen atoms in total. The molecule has 0 aliphatic heterocycles. The van der Waals surface area contributed by atoms with Crippen LogP contribution in [0.3, 0.4) is 0 Å². The van der Waals surface area contributed by atoms with Gasteiger partial charge >= 0.3 is 26.2 Å². The number of halogens is 2. The number of aryl methyl sites for hydroxylation is 2. The summed E-state index contributed by atoms with van der Waals surface area (Å²) in [5.74, 6) is 2.22. The molecule has 0 heterocycles. The van der Waals surface area contributed by atoms with Gasteiger partial charge in [0.15, 0.2) is 0 Å². The van der Waals surface area contributed by atoms with Gasteiger partial charge in [-0.3, -0.25) is 0 Å². The van der Waals surface area contributed by atoms with Crippen molar-refractivity contribution >= 4 is 21.5 Å². The summed E-state index contributed by atoms with van der Waals surface area (Å²) in [4.78, 5) is 0. The van der Waals surface area contributed by atoms with Gasteiger partial charge in [0, 0.05) is 0 Å². The largest absolute Gasteiger partial charge is 4.00 e. The zero-order chi connectivity index (χ0) is 23.2. The van der Waals surface area contributed by atoms with E-state index in [4.69, 9.17) is 0 Å². The van der Waals surface area contributed by atoms with Crippen molar-refractivity contribution in [2.45, 2.75) is 91.9 Å². The number of hydrogen-bond donors (Lipinski definition) is 0. The Kier molecular flexibility index (Phi) is 12.0. The van der Waals surface area contributed by atoms with Gasteiger partial charge < -0.3 is 24.8 Å². The molecular weight excluding hydrogens is 546 g/mol. The summed E-state index contributed by atoms with van der Waals surface area (Å²) in [5.41, 5.74) is 8.90. The first-order valence-corrected chi connectivity index (χ1v) is 12.6. The Morgan fingerprint density at radius 1 is 0.514 bits per heavy atom. The Morgan fingerprint density at radius 2 is 0.800 bits per heavy atom. The number of fused-ring (bicyclic) bond motifs is 2. The first kappa shape index (κ1) is 32.2. The zero-order valence-electron chi connectivity index (χ0n) is 22.6. The smallest absolute Gasteiger partial charge is 1.00 e. The molecule has 4 rings (SSSR count). The van der Waals surface area contributed by atoms with Gasteiger partial charge in [-0.2, -0.15) is 12.1 Å². The van der Waals surface area contributed by atoms with Crippen LogP contribution < -0.4 is 24.8 Å². The van der Waals surface area contributed by atoms with E-state index < -0.39 is 0 Å². The van der Waals surface area contributed by atoms with Crippen LogP contribution in [0.4, 0.5) is 0 Å². The van der Waals surface area contributed by atoms with E-state index in [1.165, 1.54) is 54.9 Å². The molecule has 35 heavy (non-hydrogen) atoms. The number of benzene rings is 2. The molecule has 0 fully saturated rings. The molecule has 0 bridgehead atoms. The summed E-state index contributed by atoms with van der Waals surface area (Å²) in [5, 5.41) is 5.88. The van der Waals surface area contributed by atoms with Gasteiger partial charge in [-0.25, -0.2) is 0 Å². The molecule has 0 aliphatic carbocycles. The summed E-state index contributed by atoms with van der Waals surface area (Å²) in [6, 6.07) is 19.3. The van der Waals surface area contributed by atoms with Crippen LogP contribution in [0.15, 0.2) is 48.5 Å². The summed E-state index contributed by atoms with van der Waals surface area (Å²) >= 11 is 0. The van der Waals surface area contributed by atoms with Crippen molar-refractivity contribution in [3.63, 3.8) is 0 Å². The van der Waals surface area contributed by atoms with Gasteiger partial charge in [0.25, 0.3) is 0 Å². The minimum Gasteiger partial charge on any atom is -1.00 e. The van der Waals surface area contributed by atoms with E-state index in [0.29, 0.717) is 23.7 Å². The monoisotopic (exact) mass is 584 g/mol. The van der Waals surface area contributed by atoms with Gasteiger partial charge in [-0.15, -0.1) is 68.1 Å². The van der Waals surface area contributed by atoms with Gasteiger partial charge in [-0.05, 0) is 24.7 Å². The second-order valence-corrected chi connectivity index (χ2v) is 11.0. The van der Waals surface area contributed by atoms with Crippen LogP contribution in [0.5, 0.6) is 0 Å². The second-order valence-electron chi connectivity index (χ2n) is 11.0. The molecule has 0 saturated heterocycles. The SMILES string of the molecule is CC(C)c1ccc(C(C)C)c2[cH-]c(CCc3cc4c(C(C)C)ccc(C(C)C)c4[cH-]3)cc12.[Cl-].[Cl-].[Zr+4]. The molecule has 4 aromatic rings. The molecule has 0 saturated carbocycles. The van der Waals surface area contributed by atoms with Crippen LogP contribution >= 0.6 is 0 Å². The van der Waals surface area contributed by atoms with Crippen molar-refractivity contribution in [2.24, 2.45) is 0 Å². The third-order valence-corrected chi connectivity index (χ3v) is 7.22. The molecule has 4 aromatic carbocycles. The Bertz CT molecular complexity index is 1050. The summed E-state index contributed by atoms with van der Waals surface area (Å²) in [7, 11) is 0. The standard InChI is InChI=1S/C32H40.2ClH.Zr/c1-19(2)25-11-12-26(20(3)4)30-16-23(15-29(25)30)9-10-24-17-31-27(21(5)6)13-14-28(22(7)8)32(31)18-24;;;/h11-22H,9-10H2,1-8H3;2*1H;/q-2;;;+4/p-2. The number of hydrogen-bond acceptors (Lipinski definition) is 0. The van der Waals surface area contributed by atoms with Crippen LogP contribution in [0, 0.1) is 0 Å². The predicted molar refractivity (Wildman–Crippen MR) is 143 cm³/mol. The molecule has 0 aliphatic rings. The van der Waals surface area contributed by atoms with Gasteiger partial charge in [-0.1, -0.05) is 90.5 Å². The van der Waals surface area contributed by atoms with E-state index in [1.54, 1.807) is 0 Å². The maximum atomic E-state index is 2.47. The van der Waals surface area contributed by atoms with Crippen LogP contribution in [0.25, 0.3) is 21.5 Å². The molecular formula is C32H40Cl2Zr. The minimum absolute atomic E-state index is 0. The van der Waals surface area contributed by atoms with Crippen LogP contribution in [0.1, 0.15) is 112 Å². The van der Waals surface area contributed by atoms with Crippen molar-refractivity contribution in [3.05, 3.63) is 81.9 Å². The fraction of sp³-hybridized carbons (Fsp3) is 0.438. The molecule has 0 aromatic heterocycles. The average molecular weight is 587 g/mol. The van der Waals surface area contributed by atoms with Gasteiger partial charge in [0.05, 0.1) is 0 Å². The Balaban J connectivity index is 0.00000204. The Labute approximate surface area is 244 Å². The maximum absolute atomic E-state index is 2.47. The fourth-order valence-corrected chi connectivity index (χ4v) is 5.40. The van der Waals surface area contributed by atoms with E-state index >= 15 is 0 Å². The molecule has 0 amide bonds. The van der Waals surface area contributed by atoms with E-state index in [9.17, 15) is 0 Å². The fourth-order valence-electron chi connectivity index (χ4n) is 5.40. The third kappa shape index (κ3) is 6.52. The maximum Gasteiger partial charge on any atom is 4.00 e. The van der Waals surface area contributed by atoms with Crippen LogP contribution in [0.2, 0.25) is 0 Å². The second kappa shape index (κ2) is 13.1. The summed E-state index contributed by atoms with van der Waals surface area (Å²) in [6.45, 7) is 18.5.